The molecule has 5 heteroatoms. The van der Waals surface area contributed by atoms with Gasteiger partial charge in [0.25, 0.3) is 5.91 Å². The molecule has 94 valence electrons. The topological polar surface area (TPSA) is 32.3 Å². The lowest BCUT2D eigenvalue weighted by molar-refractivity contribution is 0.0744. The minimum Gasteiger partial charge on any atom is -0.337 e. The highest BCUT2D eigenvalue weighted by Crippen LogP contribution is 2.11. The minimum absolute atomic E-state index is 0. The van der Waals surface area contributed by atoms with Crippen LogP contribution < -0.4 is 5.32 Å². The largest absolute Gasteiger partial charge is 0.337 e. The molecule has 1 aliphatic heterocycles. The summed E-state index contributed by atoms with van der Waals surface area (Å²) in [4.78, 5) is 13.7. The monoisotopic (exact) mass is 258 g/mol. The molecule has 1 atom stereocenters. The zero-order valence-corrected chi connectivity index (χ0v) is 10.5. The van der Waals surface area contributed by atoms with E-state index in [4.69, 9.17) is 0 Å². The molecule has 1 amide bonds. The predicted molar refractivity (Wildman–Crippen MR) is 67.0 cm³/mol. The maximum atomic E-state index is 12.7. The van der Waals surface area contributed by atoms with Crippen LogP contribution in [0.3, 0.4) is 0 Å². The van der Waals surface area contributed by atoms with E-state index in [-0.39, 0.29) is 30.2 Å². The summed E-state index contributed by atoms with van der Waals surface area (Å²) in [7, 11) is 1.79. The molecule has 2 rings (SSSR count). The number of nitrogens with zero attached hydrogens (tertiary/aromatic N) is 1. The summed E-state index contributed by atoms with van der Waals surface area (Å²) in [5.74, 6) is -0.365. The first-order valence-electron chi connectivity index (χ1n) is 5.42. The molecule has 1 heterocycles. The van der Waals surface area contributed by atoms with Gasteiger partial charge in [-0.05, 0) is 37.2 Å². The molecule has 0 spiro atoms. The summed E-state index contributed by atoms with van der Waals surface area (Å²) in [5.41, 5.74) is 0.538. The molecule has 1 aromatic rings. The highest BCUT2D eigenvalue weighted by molar-refractivity contribution is 5.94. The number of nitrogens with one attached hydrogen (secondary N) is 1. The Hall–Kier alpha value is -1.13. The zero-order valence-electron chi connectivity index (χ0n) is 9.65. The number of rotatable bonds is 2. The molecule has 1 N–H and O–H groups in total. The van der Waals surface area contributed by atoms with Crippen molar-refractivity contribution in [2.24, 2.45) is 0 Å². The molecule has 0 aliphatic carbocycles. The van der Waals surface area contributed by atoms with E-state index < -0.39 is 0 Å². The van der Waals surface area contributed by atoms with Crippen molar-refractivity contribution < 1.29 is 9.18 Å². The van der Waals surface area contributed by atoms with Crippen molar-refractivity contribution in [3.05, 3.63) is 35.6 Å². The van der Waals surface area contributed by atoms with Gasteiger partial charge in [-0.1, -0.05) is 0 Å². The van der Waals surface area contributed by atoms with Crippen LogP contribution in [-0.2, 0) is 0 Å². The summed E-state index contributed by atoms with van der Waals surface area (Å²) < 4.78 is 12.7. The van der Waals surface area contributed by atoms with E-state index in [1.807, 2.05) is 0 Å². The number of benzene rings is 1. The van der Waals surface area contributed by atoms with Gasteiger partial charge in [-0.2, -0.15) is 0 Å². The molecule has 1 fully saturated rings. The van der Waals surface area contributed by atoms with Crippen molar-refractivity contribution in [1.29, 1.82) is 0 Å². The highest BCUT2D eigenvalue weighted by Gasteiger charge is 2.23. The van der Waals surface area contributed by atoms with E-state index in [0.717, 1.165) is 19.5 Å². The Morgan fingerprint density at radius 2 is 2.06 bits per heavy atom. The first-order valence-corrected chi connectivity index (χ1v) is 5.42. The Morgan fingerprint density at radius 3 is 2.59 bits per heavy atom. The van der Waals surface area contributed by atoms with Gasteiger partial charge in [0.2, 0.25) is 0 Å². The van der Waals surface area contributed by atoms with Crippen molar-refractivity contribution in [3.63, 3.8) is 0 Å². The fourth-order valence-corrected chi connectivity index (χ4v) is 1.93. The maximum absolute atomic E-state index is 12.7. The Kier molecular flexibility index (Phi) is 4.90. The molecule has 0 saturated carbocycles. The first kappa shape index (κ1) is 13.9. The quantitative estimate of drug-likeness (QED) is 0.876. The molecule has 0 radical (unpaired) electrons. The van der Waals surface area contributed by atoms with E-state index in [1.54, 1.807) is 11.9 Å². The minimum atomic E-state index is -0.318. The van der Waals surface area contributed by atoms with Crippen molar-refractivity contribution in [3.8, 4) is 0 Å². The lowest BCUT2D eigenvalue weighted by Crippen LogP contribution is -2.38. The third-order valence-electron chi connectivity index (χ3n) is 2.99. The number of halogens is 2. The maximum Gasteiger partial charge on any atom is 0.253 e. The Balaban J connectivity index is 0.00000144. The fourth-order valence-electron chi connectivity index (χ4n) is 1.93. The van der Waals surface area contributed by atoms with Crippen LogP contribution in [0.15, 0.2) is 24.3 Å². The molecule has 0 aromatic heterocycles. The zero-order chi connectivity index (χ0) is 11.5. The van der Waals surface area contributed by atoms with Gasteiger partial charge < -0.3 is 10.2 Å². The second-order valence-corrected chi connectivity index (χ2v) is 4.07. The molecule has 0 unspecified atom stereocenters. The number of amides is 1. The van der Waals surface area contributed by atoms with E-state index in [9.17, 15) is 9.18 Å². The Bertz CT molecular complexity index is 377. The van der Waals surface area contributed by atoms with Crippen LogP contribution in [0, 0.1) is 5.82 Å². The molecule has 3 nitrogen and oxygen atoms in total. The van der Waals surface area contributed by atoms with Gasteiger partial charge in [-0.15, -0.1) is 12.4 Å². The molecular formula is C12H16ClFN2O. The number of carbonyl (C=O) groups excluding carboxylic acids is 1. The summed E-state index contributed by atoms with van der Waals surface area (Å²) >= 11 is 0. The Morgan fingerprint density at radius 1 is 1.41 bits per heavy atom. The van der Waals surface area contributed by atoms with Gasteiger partial charge in [0.15, 0.2) is 0 Å². The van der Waals surface area contributed by atoms with Crippen molar-refractivity contribution >= 4 is 18.3 Å². The van der Waals surface area contributed by atoms with Crippen LogP contribution >= 0.6 is 12.4 Å². The van der Waals surface area contributed by atoms with Gasteiger partial charge in [0.05, 0.1) is 0 Å². The molecular weight excluding hydrogens is 243 g/mol. The van der Waals surface area contributed by atoms with Crippen LogP contribution in [0.1, 0.15) is 16.8 Å². The number of hydrogen-bond donors (Lipinski definition) is 1. The second kappa shape index (κ2) is 5.98. The van der Waals surface area contributed by atoms with Crippen LogP contribution in [0.25, 0.3) is 0 Å². The third-order valence-corrected chi connectivity index (χ3v) is 2.99. The van der Waals surface area contributed by atoms with Crippen molar-refractivity contribution in [2.75, 3.05) is 20.1 Å². The van der Waals surface area contributed by atoms with Crippen LogP contribution in [0.4, 0.5) is 4.39 Å². The number of carbonyl (C=O) groups is 1. The smallest absolute Gasteiger partial charge is 0.253 e. The van der Waals surface area contributed by atoms with Gasteiger partial charge in [0, 0.05) is 25.2 Å². The van der Waals surface area contributed by atoms with E-state index in [2.05, 4.69) is 5.32 Å². The van der Waals surface area contributed by atoms with Crippen LogP contribution in [0.2, 0.25) is 0 Å². The summed E-state index contributed by atoms with van der Waals surface area (Å²) in [5, 5.41) is 3.21. The molecule has 1 saturated heterocycles. The molecule has 17 heavy (non-hydrogen) atoms. The third kappa shape index (κ3) is 3.17. The lowest BCUT2D eigenvalue weighted by Gasteiger charge is -2.23. The number of hydrogen-bond acceptors (Lipinski definition) is 2. The first-order chi connectivity index (χ1) is 7.68. The number of likely N-dealkylation sites (N-methyl/N-ethyl adjacent to an activating group) is 1. The SMILES string of the molecule is CN(C(=O)c1ccc(F)cc1)[C@H]1CCNC1.Cl. The fraction of sp³-hybridized carbons (Fsp3) is 0.417. The summed E-state index contributed by atoms with van der Waals surface area (Å²) in [6.07, 6.45) is 0.976. The van der Waals surface area contributed by atoms with Crippen LogP contribution in [0.5, 0.6) is 0 Å². The van der Waals surface area contributed by atoms with Crippen molar-refractivity contribution in [2.45, 2.75) is 12.5 Å². The van der Waals surface area contributed by atoms with E-state index in [1.165, 1.54) is 24.3 Å². The second-order valence-electron chi connectivity index (χ2n) is 4.07. The normalized spacial score (nSPS) is 18.6. The molecule has 1 aromatic carbocycles. The van der Waals surface area contributed by atoms with Gasteiger partial charge in [0.1, 0.15) is 5.82 Å². The Labute approximate surface area is 106 Å². The highest BCUT2D eigenvalue weighted by atomic mass is 35.5. The average Bonchev–Trinajstić information content (AvgIpc) is 2.81. The average molecular weight is 259 g/mol. The molecule has 1 aliphatic rings. The van der Waals surface area contributed by atoms with Crippen LogP contribution in [-0.4, -0.2) is 37.0 Å². The lowest BCUT2D eigenvalue weighted by atomic mass is 10.1. The van der Waals surface area contributed by atoms with Gasteiger partial charge >= 0.3 is 0 Å². The van der Waals surface area contributed by atoms with Crippen molar-refractivity contribution in [1.82, 2.24) is 10.2 Å². The summed E-state index contributed by atoms with van der Waals surface area (Å²) in [6.45, 7) is 1.79. The van der Waals surface area contributed by atoms with Gasteiger partial charge in [-0.25, -0.2) is 4.39 Å². The van der Waals surface area contributed by atoms with E-state index in [0.29, 0.717) is 5.56 Å². The van der Waals surface area contributed by atoms with E-state index >= 15 is 0 Å². The standard InChI is InChI=1S/C12H15FN2O.ClH/c1-15(11-6-7-14-8-11)12(16)9-2-4-10(13)5-3-9;/h2-5,11,14H,6-8H2,1H3;1H/t11-;/m0./s1. The molecule has 0 bridgehead atoms. The van der Waals surface area contributed by atoms with Gasteiger partial charge in [-0.3, -0.25) is 4.79 Å². The predicted octanol–water partition coefficient (Wildman–Crippen LogP) is 1.68. The summed E-state index contributed by atoms with van der Waals surface area (Å²) in [6, 6.07) is 5.92.